The van der Waals surface area contributed by atoms with Crippen LogP contribution in [0.2, 0.25) is 0 Å². The Morgan fingerprint density at radius 2 is 1.93 bits per heavy atom. The summed E-state index contributed by atoms with van der Waals surface area (Å²) in [6.45, 7) is 6.88. The molecule has 1 aliphatic heterocycles. The maximum Gasteiger partial charge on any atom is 0.406 e. The van der Waals surface area contributed by atoms with Gasteiger partial charge in [0, 0.05) is 43.3 Å². The number of hydrogen-bond acceptors (Lipinski definition) is 10. The molecule has 1 N–H and O–H groups in total. The van der Waals surface area contributed by atoms with E-state index in [0.29, 0.717) is 26.1 Å². The Morgan fingerprint density at radius 1 is 1.18 bits per heavy atom. The highest BCUT2D eigenvalue weighted by Crippen LogP contribution is 2.37. The van der Waals surface area contributed by atoms with Gasteiger partial charge in [-0.3, -0.25) is 9.69 Å². The van der Waals surface area contributed by atoms with Crippen molar-refractivity contribution in [1.82, 2.24) is 29.9 Å². The Bertz CT molecular complexity index is 1590. The number of rotatable bonds is 13. The van der Waals surface area contributed by atoms with E-state index in [1.54, 1.807) is 0 Å². The Kier molecular flexibility index (Phi) is 10.4. The number of nitrogens with one attached hydrogen (secondary N) is 1. The molecule has 3 aromatic rings. The van der Waals surface area contributed by atoms with E-state index in [9.17, 15) is 18.0 Å². The Hall–Kier alpha value is -3.59. The van der Waals surface area contributed by atoms with E-state index in [2.05, 4.69) is 10.1 Å². The van der Waals surface area contributed by atoms with Gasteiger partial charge in [0.15, 0.2) is 11.9 Å². The number of fused-ring (bicyclic) bond motifs is 1. The third-order valence-corrected chi connectivity index (χ3v) is 9.36. The molecule has 2 aromatic heterocycles. The number of amides is 2. The summed E-state index contributed by atoms with van der Waals surface area (Å²) in [4.78, 5) is 34.2. The lowest BCUT2D eigenvalue weighted by atomic mass is 10.1. The van der Waals surface area contributed by atoms with Crippen LogP contribution in [0.25, 0.3) is 11.0 Å². The van der Waals surface area contributed by atoms with Gasteiger partial charge in [-0.1, -0.05) is 30.3 Å². The lowest BCUT2D eigenvalue weighted by molar-refractivity contribution is -0.168. The third kappa shape index (κ3) is 7.98. The van der Waals surface area contributed by atoms with Crippen LogP contribution in [0.5, 0.6) is 0 Å². The number of morpholine rings is 1. The number of aryl methyl sites for hydroxylation is 2. The topological polar surface area (TPSA) is 145 Å². The van der Waals surface area contributed by atoms with Crippen molar-refractivity contribution in [2.45, 2.75) is 77.5 Å². The lowest BCUT2D eigenvalue weighted by Gasteiger charge is -2.40. The second-order valence-electron chi connectivity index (χ2n) is 11.5. The van der Waals surface area contributed by atoms with E-state index in [0.717, 1.165) is 40.8 Å². The number of benzene rings is 1. The molecule has 1 aliphatic carbocycles. The zero-order chi connectivity index (χ0) is 32.1. The van der Waals surface area contributed by atoms with Crippen LogP contribution in [0, 0.1) is 6.92 Å². The summed E-state index contributed by atoms with van der Waals surface area (Å²) in [7, 11) is -2.42. The van der Waals surface area contributed by atoms with Crippen molar-refractivity contribution in [3.8, 4) is 0 Å². The molecule has 13 nitrogen and oxygen atoms in total. The molecule has 1 saturated heterocycles. The fourth-order valence-corrected chi connectivity index (χ4v) is 6.26. The molecule has 244 valence electrons. The number of carbonyl (C=O) groups is 2. The van der Waals surface area contributed by atoms with Gasteiger partial charge in [-0.15, -0.1) is 0 Å². The Labute approximate surface area is 263 Å². The van der Waals surface area contributed by atoms with Gasteiger partial charge in [0.25, 0.3) is 16.0 Å². The van der Waals surface area contributed by atoms with Gasteiger partial charge in [0.05, 0.1) is 31.2 Å². The van der Waals surface area contributed by atoms with Crippen LogP contribution >= 0.6 is 0 Å². The fourth-order valence-electron chi connectivity index (χ4n) is 5.61. The van der Waals surface area contributed by atoms with Gasteiger partial charge in [-0.05, 0) is 57.7 Å². The van der Waals surface area contributed by atoms with Gasteiger partial charge in [-0.25, -0.2) is 18.6 Å². The van der Waals surface area contributed by atoms with E-state index in [1.807, 2.05) is 70.8 Å². The Morgan fingerprint density at radius 3 is 2.62 bits per heavy atom. The number of nitrogens with zero attached hydrogens (tertiary/aromatic N) is 5. The third-order valence-electron chi connectivity index (χ3n) is 8.14. The molecule has 2 fully saturated rings. The smallest absolute Gasteiger partial charge is 0.406 e. The summed E-state index contributed by atoms with van der Waals surface area (Å²) in [6.07, 6.45) is 0.246. The largest absolute Gasteiger partial charge is 0.453 e. The zero-order valence-corrected chi connectivity index (χ0v) is 27.0. The molecular formula is C31H42N6O7S. The molecule has 0 spiro atoms. The monoisotopic (exact) mass is 642 g/mol. The van der Waals surface area contributed by atoms with Crippen LogP contribution in [-0.4, -0.2) is 95.9 Å². The van der Waals surface area contributed by atoms with E-state index >= 15 is 0 Å². The normalized spacial score (nSPS) is 19.7. The summed E-state index contributed by atoms with van der Waals surface area (Å²) in [5.41, 5.74) is 3.29. The maximum atomic E-state index is 14.3. The van der Waals surface area contributed by atoms with E-state index in [-0.39, 0.29) is 36.9 Å². The van der Waals surface area contributed by atoms with Crippen LogP contribution in [0.1, 0.15) is 56.1 Å². The molecule has 0 unspecified atom stereocenters. The van der Waals surface area contributed by atoms with Gasteiger partial charge < -0.3 is 19.7 Å². The molecule has 45 heavy (non-hydrogen) atoms. The predicted molar refractivity (Wildman–Crippen MR) is 166 cm³/mol. The average molecular weight is 643 g/mol. The quantitative estimate of drug-likeness (QED) is 0.218. The second-order valence-corrected chi connectivity index (χ2v) is 13.4. The molecule has 0 bridgehead atoms. The maximum absolute atomic E-state index is 14.3. The van der Waals surface area contributed by atoms with Gasteiger partial charge >= 0.3 is 6.09 Å². The first kappa shape index (κ1) is 32.8. The minimum absolute atomic E-state index is 0.0518. The fraction of sp³-hybridized carbons (Fsp3) is 0.548. The number of alkyl carbamates (subject to hydrolysis) is 1. The number of hydrogen-bond donors (Lipinski definition) is 1. The summed E-state index contributed by atoms with van der Waals surface area (Å²) in [6, 6.07) is 13.3. The van der Waals surface area contributed by atoms with Crippen molar-refractivity contribution in [1.29, 1.82) is 0 Å². The summed E-state index contributed by atoms with van der Waals surface area (Å²) in [5, 5.41) is 8.48. The van der Waals surface area contributed by atoms with Crippen LogP contribution in [0.4, 0.5) is 4.79 Å². The molecule has 3 heterocycles. The average Bonchev–Trinajstić information content (AvgIpc) is 3.80. The van der Waals surface area contributed by atoms with E-state index in [4.69, 9.17) is 19.0 Å². The second kappa shape index (κ2) is 14.2. The predicted octanol–water partition coefficient (Wildman–Crippen LogP) is 3.13. The first-order valence-electron chi connectivity index (χ1n) is 15.4. The standard InChI is InChI=1S/C31H42N6O7S/c1-5-45(40,41)44-27-20-43-26(19-35(27)18-23-10-7-6-8-11-23)30(38)37(24-13-14-24)22(3)28-25-15-12-21(2)33-29(25)36(34-28)17-9-16-32-31(39)42-4/h6-8,10-12,15,22,24,26-27H,5,9,13-14,16-20H2,1-4H3,(H,32,39)/t22-,26-,27-/m1/s1. The van der Waals surface area contributed by atoms with E-state index in [1.165, 1.54) is 14.0 Å². The highest BCUT2D eigenvalue weighted by Gasteiger charge is 2.44. The minimum atomic E-state index is -3.75. The number of pyridine rings is 1. The summed E-state index contributed by atoms with van der Waals surface area (Å²) >= 11 is 0. The zero-order valence-electron chi connectivity index (χ0n) is 26.2. The van der Waals surface area contributed by atoms with Crippen molar-refractivity contribution in [3.05, 3.63) is 59.4 Å². The SMILES string of the molecule is CCS(=O)(=O)O[C@@H]1CO[C@@H](C(=O)N(C2CC2)[C@H](C)c2nn(CCCNC(=O)OC)c3nc(C)ccc23)CN1Cc1ccccc1. The van der Waals surface area contributed by atoms with E-state index < -0.39 is 28.5 Å². The molecule has 14 heteroatoms. The highest BCUT2D eigenvalue weighted by atomic mass is 32.2. The molecule has 3 atom stereocenters. The first-order valence-corrected chi connectivity index (χ1v) is 17.0. The molecule has 2 amide bonds. The lowest BCUT2D eigenvalue weighted by Crippen LogP contribution is -2.56. The molecular weight excluding hydrogens is 600 g/mol. The van der Waals surface area contributed by atoms with Crippen molar-refractivity contribution < 1.29 is 31.7 Å². The van der Waals surface area contributed by atoms with Crippen LogP contribution in [0.3, 0.4) is 0 Å². The van der Waals surface area contributed by atoms with Gasteiger partial charge in [0.2, 0.25) is 0 Å². The van der Waals surface area contributed by atoms with Crippen molar-refractivity contribution in [2.75, 3.05) is 32.6 Å². The van der Waals surface area contributed by atoms with Gasteiger partial charge in [0.1, 0.15) is 6.10 Å². The first-order chi connectivity index (χ1) is 21.6. The summed E-state index contributed by atoms with van der Waals surface area (Å²) < 4.78 is 42.8. The molecule has 0 radical (unpaired) electrons. The highest BCUT2D eigenvalue weighted by molar-refractivity contribution is 7.86. The minimum Gasteiger partial charge on any atom is -0.453 e. The number of methoxy groups -OCH3 is 1. The van der Waals surface area contributed by atoms with Crippen LogP contribution < -0.4 is 5.32 Å². The molecule has 2 aliphatic rings. The van der Waals surface area contributed by atoms with Crippen molar-refractivity contribution in [2.24, 2.45) is 0 Å². The van der Waals surface area contributed by atoms with Crippen molar-refractivity contribution >= 4 is 33.2 Å². The summed E-state index contributed by atoms with van der Waals surface area (Å²) in [5.74, 6) is -0.320. The van der Waals surface area contributed by atoms with Gasteiger partial charge in [-0.2, -0.15) is 13.5 Å². The van der Waals surface area contributed by atoms with Crippen molar-refractivity contribution in [3.63, 3.8) is 0 Å². The molecule has 1 aromatic carbocycles. The Balaban J connectivity index is 1.37. The van der Waals surface area contributed by atoms with Crippen LogP contribution in [-0.2, 0) is 41.7 Å². The molecule has 5 rings (SSSR count). The number of ether oxygens (including phenoxy) is 2. The number of carbonyl (C=O) groups excluding carboxylic acids is 2. The number of aromatic nitrogens is 3. The van der Waals surface area contributed by atoms with Crippen LogP contribution in [0.15, 0.2) is 42.5 Å². The molecule has 1 saturated carbocycles.